The zero-order valence-electron chi connectivity index (χ0n) is 19.6. The molecule has 2 fully saturated rings. The number of aromatic amines is 1. The third kappa shape index (κ3) is 4.86. The van der Waals surface area contributed by atoms with Gasteiger partial charge in [0.15, 0.2) is 5.78 Å². The minimum absolute atomic E-state index is 0.152. The molecule has 1 aromatic carbocycles. The van der Waals surface area contributed by atoms with E-state index < -0.39 is 15.3 Å². The zero-order chi connectivity index (χ0) is 24.6. The lowest BCUT2D eigenvalue weighted by atomic mass is 9.91. The van der Waals surface area contributed by atoms with Crippen LogP contribution in [0.3, 0.4) is 0 Å². The highest BCUT2D eigenvalue weighted by Crippen LogP contribution is 2.39. The van der Waals surface area contributed by atoms with Crippen LogP contribution in [-0.4, -0.2) is 52.5 Å². The summed E-state index contributed by atoms with van der Waals surface area (Å²) in [6.45, 7) is 4.84. The molecule has 7 nitrogen and oxygen atoms in total. The maximum Gasteiger partial charge on any atom is 0.220 e. The van der Waals surface area contributed by atoms with Crippen LogP contribution in [-0.2, 0) is 21.2 Å². The van der Waals surface area contributed by atoms with Gasteiger partial charge in [0, 0.05) is 36.1 Å². The number of piperidine rings is 1. The molecule has 2 N–H and O–H groups in total. The molecule has 2 aromatic rings. The highest BCUT2D eigenvalue weighted by molar-refractivity contribution is 7.89. The molecule has 8 heteroatoms. The van der Waals surface area contributed by atoms with E-state index in [9.17, 15) is 13.2 Å². The standard InChI is InChI=1S/C27H30N4O3S/c1-2-26(20-10-11-20)35(33,34)31-12-6-7-18(17-31)13-21-16-29-27(30-21)23-15-25(32)22(14-24(23)28)19-8-4-3-5-9-19/h2-5,8-9,14-16,18,20,26,28H,1,6-7,10-13,17H2,(H,29,30)/t18-,26?/m1/s1. The van der Waals surface area contributed by atoms with Gasteiger partial charge in [-0.1, -0.05) is 36.4 Å². The summed E-state index contributed by atoms with van der Waals surface area (Å²) in [7, 11) is -3.38. The number of ketones is 1. The summed E-state index contributed by atoms with van der Waals surface area (Å²) in [6.07, 6.45) is 10.8. The molecule has 0 spiro atoms. The number of nitrogens with zero attached hydrogens (tertiary/aromatic N) is 2. The Balaban J connectivity index is 1.27. The van der Waals surface area contributed by atoms with E-state index in [0.29, 0.717) is 36.5 Å². The topological polar surface area (TPSA) is 107 Å². The third-order valence-electron chi connectivity index (χ3n) is 7.10. The molecule has 1 aromatic heterocycles. The van der Waals surface area contributed by atoms with Crippen molar-refractivity contribution in [2.45, 2.75) is 37.4 Å². The molecule has 1 saturated heterocycles. The summed E-state index contributed by atoms with van der Waals surface area (Å²) in [5, 5.41) is 7.99. The quantitative estimate of drug-likeness (QED) is 0.430. The molecule has 1 aliphatic heterocycles. The predicted molar refractivity (Wildman–Crippen MR) is 137 cm³/mol. The van der Waals surface area contributed by atoms with Gasteiger partial charge in [-0.25, -0.2) is 17.7 Å². The van der Waals surface area contributed by atoms with Gasteiger partial charge >= 0.3 is 0 Å². The van der Waals surface area contributed by atoms with Crippen molar-refractivity contribution in [3.8, 4) is 0 Å². The number of nitrogens with one attached hydrogen (secondary N) is 2. The Kier molecular flexibility index (Phi) is 6.42. The van der Waals surface area contributed by atoms with Crippen LogP contribution in [0.1, 0.15) is 42.8 Å². The monoisotopic (exact) mass is 490 g/mol. The Hall–Kier alpha value is -3.10. The Bertz CT molecular complexity index is 1320. The number of benzene rings is 1. The predicted octanol–water partition coefficient (Wildman–Crippen LogP) is 4.03. The van der Waals surface area contributed by atoms with Crippen molar-refractivity contribution in [2.24, 2.45) is 11.8 Å². The molecular weight excluding hydrogens is 460 g/mol. The fourth-order valence-electron chi connectivity index (χ4n) is 5.11. The fourth-order valence-corrected chi connectivity index (χ4v) is 7.26. The third-order valence-corrected chi connectivity index (χ3v) is 9.42. The number of carbonyl (C=O) groups is 1. The van der Waals surface area contributed by atoms with Crippen molar-refractivity contribution >= 4 is 32.7 Å². The summed E-state index contributed by atoms with van der Waals surface area (Å²) in [5.41, 5.74) is 2.86. The van der Waals surface area contributed by atoms with Crippen LogP contribution < -0.4 is 0 Å². The van der Waals surface area contributed by atoms with Crippen molar-refractivity contribution in [2.75, 3.05) is 13.1 Å². The lowest BCUT2D eigenvalue weighted by Crippen LogP contribution is -2.45. The van der Waals surface area contributed by atoms with Crippen molar-refractivity contribution in [1.29, 1.82) is 5.41 Å². The molecule has 35 heavy (non-hydrogen) atoms. The SMILES string of the molecule is C=CC(C1CC1)S(=O)(=O)N1CCC[C@H](Cc2cnc(C3=CC(=O)C(c4ccccc4)=CC3=N)[nH]2)C1. The molecule has 0 radical (unpaired) electrons. The number of hydrogen-bond donors (Lipinski definition) is 2. The first-order chi connectivity index (χ1) is 16.9. The average molecular weight is 491 g/mol. The molecule has 2 atom stereocenters. The summed E-state index contributed by atoms with van der Waals surface area (Å²) in [5.74, 6) is 0.733. The highest BCUT2D eigenvalue weighted by atomic mass is 32.2. The summed E-state index contributed by atoms with van der Waals surface area (Å²) >= 11 is 0. The van der Waals surface area contributed by atoms with E-state index >= 15 is 0 Å². The average Bonchev–Trinajstić information content (AvgIpc) is 3.58. The van der Waals surface area contributed by atoms with Crippen LogP contribution in [0.4, 0.5) is 0 Å². The summed E-state index contributed by atoms with van der Waals surface area (Å²) in [6, 6.07) is 9.34. The van der Waals surface area contributed by atoms with E-state index in [0.717, 1.165) is 36.9 Å². The van der Waals surface area contributed by atoms with Gasteiger partial charge in [-0.15, -0.1) is 6.58 Å². The molecule has 0 bridgehead atoms. The largest absolute Gasteiger partial charge is 0.342 e. The summed E-state index contributed by atoms with van der Waals surface area (Å²) in [4.78, 5) is 20.5. The number of aromatic nitrogens is 2. The molecule has 5 rings (SSSR count). The van der Waals surface area contributed by atoms with Crippen molar-refractivity contribution < 1.29 is 13.2 Å². The number of allylic oxidation sites excluding steroid dienone is 4. The van der Waals surface area contributed by atoms with Gasteiger partial charge in [0.2, 0.25) is 10.0 Å². The maximum atomic E-state index is 13.2. The maximum absolute atomic E-state index is 13.2. The van der Waals surface area contributed by atoms with E-state index in [1.54, 1.807) is 22.7 Å². The highest BCUT2D eigenvalue weighted by Gasteiger charge is 2.42. The van der Waals surface area contributed by atoms with E-state index in [-0.39, 0.29) is 23.3 Å². The number of hydrogen-bond acceptors (Lipinski definition) is 5. The molecule has 2 heterocycles. The van der Waals surface area contributed by atoms with E-state index in [2.05, 4.69) is 16.5 Å². The minimum atomic E-state index is -3.38. The molecule has 1 saturated carbocycles. The molecular formula is C27H30N4O3S. The lowest BCUT2D eigenvalue weighted by Gasteiger charge is -2.33. The second-order valence-electron chi connectivity index (χ2n) is 9.67. The fraction of sp³-hybridized carbons (Fsp3) is 0.370. The lowest BCUT2D eigenvalue weighted by molar-refractivity contribution is -0.109. The van der Waals surface area contributed by atoms with Crippen molar-refractivity contribution in [3.05, 3.63) is 78.4 Å². The second kappa shape index (κ2) is 9.51. The van der Waals surface area contributed by atoms with E-state index in [4.69, 9.17) is 5.41 Å². The molecule has 2 aliphatic carbocycles. The Morgan fingerprint density at radius 2 is 1.94 bits per heavy atom. The van der Waals surface area contributed by atoms with Crippen LogP contribution >= 0.6 is 0 Å². The van der Waals surface area contributed by atoms with Crippen LogP contribution in [0.25, 0.3) is 11.1 Å². The van der Waals surface area contributed by atoms with Crippen LogP contribution in [0.2, 0.25) is 0 Å². The molecule has 182 valence electrons. The van der Waals surface area contributed by atoms with E-state index in [1.807, 2.05) is 30.3 Å². The normalized spacial score (nSPS) is 22.5. The first-order valence-electron chi connectivity index (χ1n) is 12.1. The van der Waals surface area contributed by atoms with Crippen LogP contribution in [0, 0.1) is 17.2 Å². The number of H-pyrrole nitrogens is 1. The van der Waals surface area contributed by atoms with Gasteiger partial charge in [0.25, 0.3) is 0 Å². The smallest absolute Gasteiger partial charge is 0.220 e. The molecule has 1 unspecified atom stereocenters. The Morgan fingerprint density at radius 1 is 1.17 bits per heavy atom. The second-order valence-corrected chi connectivity index (χ2v) is 11.8. The van der Waals surface area contributed by atoms with Gasteiger partial charge < -0.3 is 10.4 Å². The summed E-state index contributed by atoms with van der Waals surface area (Å²) < 4.78 is 28.0. The van der Waals surface area contributed by atoms with E-state index in [1.165, 1.54) is 6.08 Å². The van der Waals surface area contributed by atoms with Crippen LogP contribution in [0.5, 0.6) is 0 Å². The van der Waals surface area contributed by atoms with Crippen molar-refractivity contribution in [3.63, 3.8) is 0 Å². The first-order valence-corrected chi connectivity index (χ1v) is 13.6. The molecule has 3 aliphatic rings. The minimum Gasteiger partial charge on any atom is -0.342 e. The van der Waals surface area contributed by atoms with Crippen molar-refractivity contribution in [1.82, 2.24) is 14.3 Å². The van der Waals surface area contributed by atoms with Crippen LogP contribution in [0.15, 0.2) is 61.3 Å². The van der Waals surface area contributed by atoms with Gasteiger partial charge in [-0.05, 0) is 61.7 Å². The Labute approximate surface area is 206 Å². The zero-order valence-corrected chi connectivity index (χ0v) is 20.4. The number of rotatable bonds is 8. The van der Waals surface area contributed by atoms with Gasteiger partial charge in [-0.2, -0.15) is 0 Å². The number of imidazole rings is 1. The number of carbonyl (C=O) groups excluding carboxylic acids is 1. The van der Waals surface area contributed by atoms with Gasteiger partial charge in [0.1, 0.15) is 5.82 Å². The molecule has 0 amide bonds. The van der Waals surface area contributed by atoms with Gasteiger partial charge in [0.05, 0.1) is 11.0 Å². The first kappa shape index (κ1) is 23.6. The van der Waals surface area contributed by atoms with Gasteiger partial charge in [-0.3, -0.25) is 4.79 Å². The number of sulfonamides is 1. The Morgan fingerprint density at radius 3 is 2.66 bits per heavy atom.